The average molecular weight is 382 g/mol. The summed E-state index contributed by atoms with van der Waals surface area (Å²) < 4.78 is 23.8. The molecule has 0 aliphatic carbocycles. The summed E-state index contributed by atoms with van der Waals surface area (Å²) in [6, 6.07) is 9.21. The molecule has 144 valence electrons. The van der Waals surface area contributed by atoms with E-state index in [1.807, 2.05) is 12.1 Å². The van der Waals surface area contributed by atoms with Crippen LogP contribution in [0.3, 0.4) is 0 Å². The Morgan fingerprint density at radius 1 is 1.21 bits per heavy atom. The van der Waals surface area contributed by atoms with Crippen LogP contribution in [0.2, 0.25) is 0 Å². The van der Waals surface area contributed by atoms with Gasteiger partial charge in [0.05, 0.1) is 5.92 Å². The van der Waals surface area contributed by atoms with Gasteiger partial charge in [0.2, 0.25) is 11.7 Å². The van der Waals surface area contributed by atoms with Gasteiger partial charge in [-0.3, -0.25) is 9.78 Å². The molecular formula is C20H19FN4O3. The highest BCUT2D eigenvalue weighted by Gasteiger charge is 2.37. The van der Waals surface area contributed by atoms with Gasteiger partial charge in [-0.25, -0.2) is 4.39 Å². The largest absolute Gasteiger partial charge is 0.484 e. The van der Waals surface area contributed by atoms with Crippen LogP contribution in [0.5, 0.6) is 5.75 Å². The molecule has 2 unspecified atom stereocenters. The highest BCUT2D eigenvalue weighted by Crippen LogP contribution is 2.32. The molecule has 1 amide bonds. The van der Waals surface area contributed by atoms with Gasteiger partial charge >= 0.3 is 0 Å². The maximum Gasteiger partial charge on any atom is 0.260 e. The van der Waals surface area contributed by atoms with Crippen LogP contribution in [0.4, 0.5) is 4.39 Å². The van der Waals surface area contributed by atoms with E-state index in [0.29, 0.717) is 30.6 Å². The van der Waals surface area contributed by atoms with Crippen LogP contribution >= 0.6 is 0 Å². The Morgan fingerprint density at radius 3 is 2.71 bits per heavy atom. The van der Waals surface area contributed by atoms with Crippen molar-refractivity contribution in [1.29, 1.82) is 0 Å². The van der Waals surface area contributed by atoms with Crippen molar-refractivity contribution in [3.8, 4) is 17.1 Å². The van der Waals surface area contributed by atoms with Gasteiger partial charge in [-0.2, -0.15) is 4.98 Å². The van der Waals surface area contributed by atoms with Crippen molar-refractivity contribution >= 4 is 5.91 Å². The van der Waals surface area contributed by atoms with E-state index in [2.05, 4.69) is 22.0 Å². The Morgan fingerprint density at radius 2 is 1.96 bits per heavy atom. The third kappa shape index (κ3) is 3.85. The minimum absolute atomic E-state index is 0.0298. The average Bonchev–Trinajstić information content (AvgIpc) is 3.35. The molecule has 1 aliphatic heterocycles. The highest BCUT2D eigenvalue weighted by molar-refractivity contribution is 5.78. The van der Waals surface area contributed by atoms with Gasteiger partial charge in [0, 0.05) is 31.0 Å². The van der Waals surface area contributed by atoms with Crippen molar-refractivity contribution in [2.24, 2.45) is 5.92 Å². The van der Waals surface area contributed by atoms with E-state index in [-0.39, 0.29) is 30.2 Å². The van der Waals surface area contributed by atoms with Crippen molar-refractivity contribution in [2.45, 2.75) is 12.8 Å². The Bertz CT molecular complexity index is 946. The molecule has 7 nitrogen and oxygen atoms in total. The third-order valence-electron chi connectivity index (χ3n) is 4.84. The molecular weight excluding hydrogens is 363 g/mol. The lowest BCUT2D eigenvalue weighted by Gasteiger charge is -2.16. The molecule has 0 saturated carbocycles. The van der Waals surface area contributed by atoms with Crippen LogP contribution in [0, 0.1) is 11.7 Å². The van der Waals surface area contributed by atoms with Crippen LogP contribution < -0.4 is 4.74 Å². The van der Waals surface area contributed by atoms with E-state index in [4.69, 9.17) is 9.26 Å². The molecule has 28 heavy (non-hydrogen) atoms. The van der Waals surface area contributed by atoms with Gasteiger partial charge in [0.25, 0.3) is 5.91 Å². The fraction of sp³-hybridized carbons (Fsp3) is 0.300. The number of rotatable bonds is 5. The summed E-state index contributed by atoms with van der Waals surface area (Å²) in [5, 5.41) is 4.05. The van der Waals surface area contributed by atoms with E-state index in [1.54, 1.807) is 17.3 Å². The van der Waals surface area contributed by atoms with Crippen LogP contribution in [0.25, 0.3) is 11.4 Å². The van der Waals surface area contributed by atoms with Gasteiger partial charge in [0.1, 0.15) is 11.6 Å². The van der Waals surface area contributed by atoms with Gasteiger partial charge in [-0.15, -0.1) is 0 Å². The zero-order chi connectivity index (χ0) is 19.5. The summed E-state index contributed by atoms with van der Waals surface area (Å²) in [5.74, 6) is 1.16. The number of carbonyl (C=O) groups is 1. The number of benzene rings is 1. The quantitative estimate of drug-likeness (QED) is 0.675. The standard InChI is InChI=1S/C20H19FN4O3/c1-13-10-25(18(26)12-27-16-4-2-15(21)3-5-16)11-17(13)20-23-19(24-28-20)14-6-8-22-9-7-14/h2-9,13,17H,10-12H2,1H3. The molecule has 2 atom stereocenters. The summed E-state index contributed by atoms with van der Waals surface area (Å²) in [5.41, 5.74) is 0.830. The van der Waals surface area contributed by atoms with Crippen molar-refractivity contribution in [2.75, 3.05) is 19.7 Å². The normalized spacial score (nSPS) is 19.0. The topological polar surface area (TPSA) is 81.4 Å². The number of pyridine rings is 1. The lowest BCUT2D eigenvalue weighted by atomic mass is 9.98. The van der Waals surface area contributed by atoms with E-state index in [1.165, 1.54) is 24.3 Å². The summed E-state index contributed by atoms with van der Waals surface area (Å²) in [7, 11) is 0. The molecule has 0 spiro atoms. The second kappa shape index (κ2) is 7.75. The van der Waals surface area contributed by atoms with E-state index < -0.39 is 0 Å². The molecule has 4 rings (SSSR count). The lowest BCUT2D eigenvalue weighted by molar-refractivity contribution is -0.132. The molecule has 0 bridgehead atoms. The summed E-state index contributed by atoms with van der Waals surface area (Å²) in [6.45, 7) is 3.03. The Balaban J connectivity index is 1.38. The number of halogens is 1. The molecule has 3 aromatic rings. The fourth-order valence-electron chi connectivity index (χ4n) is 3.26. The van der Waals surface area contributed by atoms with Crippen molar-refractivity contribution in [3.05, 3.63) is 60.5 Å². The molecule has 0 radical (unpaired) electrons. The molecule has 1 fully saturated rings. The second-order valence-electron chi connectivity index (χ2n) is 6.82. The van der Waals surface area contributed by atoms with Gasteiger partial charge < -0.3 is 14.2 Å². The number of carbonyl (C=O) groups excluding carboxylic acids is 1. The van der Waals surface area contributed by atoms with Gasteiger partial charge in [-0.1, -0.05) is 12.1 Å². The van der Waals surface area contributed by atoms with E-state index in [9.17, 15) is 9.18 Å². The first-order valence-corrected chi connectivity index (χ1v) is 9.00. The van der Waals surface area contributed by atoms with Crippen molar-refractivity contribution in [1.82, 2.24) is 20.0 Å². The molecule has 3 heterocycles. The Hall–Kier alpha value is -3.29. The molecule has 1 aliphatic rings. The van der Waals surface area contributed by atoms with E-state index in [0.717, 1.165) is 5.56 Å². The third-order valence-corrected chi connectivity index (χ3v) is 4.84. The van der Waals surface area contributed by atoms with E-state index >= 15 is 0 Å². The maximum atomic E-state index is 12.9. The SMILES string of the molecule is CC1CN(C(=O)COc2ccc(F)cc2)CC1c1nc(-c2ccncc2)no1. The number of hydrogen-bond acceptors (Lipinski definition) is 6. The summed E-state index contributed by atoms with van der Waals surface area (Å²) in [4.78, 5) is 22.7. The van der Waals surface area contributed by atoms with Crippen molar-refractivity contribution < 1.29 is 18.4 Å². The lowest BCUT2D eigenvalue weighted by Crippen LogP contribution is -2.33. The molecule has 0 N–H and O–H groups in total. The van der Waals surface area contributed by atoms with Gasteiger partial charge in [-0.05, 0) is 42.3 Å². The second-order valence-corrected chi connectivity index (χ2v) is 6.82. The number of likely N-dealkylation sites (tertiary alicyclic amines) is 1. The fourth-order valence-corrected chi connectivity index (χ4v) is 3.26. The number of nitrogens with zero attached hydrogens (tertiary/aromatic N) is 4. The predicted molar refractivity (Wildman–Crippen MR) is 97.9 cm³/mol. The van der Waals surface area contributed by atoms with Crippen LogP contribution in [-0.2, 0) is 4.79 Å². The number of aromatic nitrogens is 3. The molecule has 1 saturated heterocycles. The minimum atomic E-state index is -0.347. The van der Waals surface area contributed by atoms with Crippen LogP contribution in [0.1, 0.15) is 18.7 Å². The smallest absolute Gasteiger partial charge is 0.260 e. The zero-order valence-corrected chi connectivity index (χ0v) is 15.3. The minimum Gasteiger partial charge on any atom is -0.484 e. The maximum absolute atomic E-state index is 12.9. The first-order valence-electron chi connectivity index (χ1n) is 9.00. The Kier molecular flexibility index (Phi) is 5.01. The zero-order valence-electron chi connectivity index (χ0n) is 15.3. The van der Waals surface area contributed by atoms with Crippen LogP contribution in [-0.4, -0.2) is 45.6 Å². The molecule has 8 heteroatoms. The van der Waals surface area contributed by atoms with Gasteiger partial charge in [0.15, 0.2) is 6.61 Å². The molecule has 2 aromatic heterocycles. The van der Waals surface area contributed by atoms with Crippen LogP contribution in [0.15, 0.2) is 53.3 Å². The monoisotopic (exact) mass is 382 g/mol. The molecule has 1 aromatic carbocycles. The predicted octanol–water partition coefficient (Wildman–Crippen LogP) is 2.91. The Labute approximate surface area is 161 Å². The number of hydrogen-bond donors (Lipinski definition) is 0. The number of ether oxygens (including phenoxy) is 1. The van der Waals surface area contributed by atoms with Crippen molar-refractivity contribution in [3.63, 3.8) is 0 Å². The summed E-state index contributed by atoms with van der Waals surface area (Å²) >= 11 is 0. The first kappa shape index (κ1) is 18.1. The first-order chi connectivity index (χ1) is 13.6. The number of amides is 1. The highest BCUT2D eigenvalue weighted by atomic mass is 19.1. The summed E-state index contributed by atoms with van der Waals surface area (Å²) in [6.07, 6.45) is 3.34.